The first-order valence-electron chi connectivity index (χ1n) is 8.09. The Balaban J connectivity index is 2.17. The number of carbonyl (C=O) groups excluding carboxylic acids is 1. The lowest BCUT2D eigenvalue weighted by molar-refractivity contribution is -0.140. The molecule has 0 saturated carbocycles. The normalized spacial score (nSPS) is 12.0. The monoisotopic (exact) mass is 361 g/mol. The van der Waals surface area contributed by atoms with Gasteiger partial charge in [0.05, 0.1) is 6.54 Å². The van der Waals surface area contributed by atoms with Crippen molar-refractivity contribution in [3.63, 3.8) is 0 Å². The summed E-state index contributed by atoms with van der Waals surface area (Å²) in [6.07, 6.45) is 3.35. The molecule has 0 unspecified atom stereocenters. The second kappa shape index (κ2) is 8.62. The van der Waals surface area contributed by atoms with Gasteiger partial charge in [0.1, 0.15) is 6.04 Å². The third-order valence-corrected chi connectivity index (χ3v) is 4.75. The SMILES string of the molecule is Cc1ccc(CN(Cc2ccncc2)C(=O)N[C@@H](C(=O)O)C(C)C)s1. The van der Waals surface area contributed by atoms with Crippen LogP contribution in [0.15, 0.2) is 36.7 Å². The van der Waals surface area contributed by atoms with E-state index in [0.29, 0.717) is 13.1 Å². The third kappa shape index (κ3) is 5.56. The highest BCUT2D eigenvalue weighted by Crippen LogP contribution is 2.19. The van der Waals surface area contributed by atoms with Gasteiger partial charge in [-0.25, -0.2) is 9.59 Å². The van der Waals surface area contributed by atoms with Crippen molar-refractivity contribution in [3.05, 3.63) is 52.0 Å². The molecule has 0 aliphatic heterocycles. The fraction of sp³-hybridized carbons (Fsp3) is 0.389. The van der Waals surface area contributed by atoms with Gasteiger partial charge < -0.3 is 15.3 Å². The Hall–Kier alpha value is -2.41. The van der Waals surface area contributed by atoms with Gasteiger partial charge >= 0.3 is 12.0 Å². The number of aliphatic carboxylic acids is 1. The van der Waals surface area contributed by atoms with Crippen molar-refractivity contribution in [2.24, 2.45) is 5.92 Å². The second-order valence-corrected chi connectivity index (χ2v) is 7.61. The molecule has 0 spiro atoms. The Morgan fingerprint density at radius 3 is 2.40 bits per heavy atom. The van der Waals surface area contributed by atoms with Crippen LogP contribution in [0.5, 0.6) is 0 Å². The molecule has 25 heavy (non-hydrogen) atoms. The molecule has 1 atom stereocenters. The van der Waals surface area contributed by atoms with E-state index < -0.39 is 12.0 Å². The van der Waals surface area contributed by atoms with E-state index in [2.05, 4.69) is 10.3 Å². The predicted octanol–water partition coefficient (Wildman–Crippen LogP) is 3.27. The Morgan fingerprint density at radius 2 is 1.88 bits per heavy atom. The number of urea groups is 1. The van der Waals surface area contributed by atoms with E-state index >= 15 is 0 Å². The fourth-order valence-corrected chi connectivity index (χ4v) is 3.31. The Kier molecular flexibility index (Phi) is 6.52. The van der Waals surface area contributed by atoms with Crippen LogP contribution in [0.1, 0.15) is 29.2 Å². The minimum atomic E-state index is -1.03. The third-order valence-electron chi connectivity index (χ3n) is 3.76. The predicted molar refractivity (Wildman–Crippen MR) is 97.3 cm³/mol. The molecule has 2 amide bonds. The molecule has 0 fully saturated rings. The Morgan fingerprint density at radius 1 is 1.20 bits per heavy atom. The molecule has 0 aliphatic rings. The van der Waals surface area contributed by atoms with Gasteiger partial charge in [-0.3, -0.25) is 4.98 Å². The minimum absolute atomic E-state index is 0.201. The molecule has 2 rings (SSSR count). The number of hydrogen-bond acceptors (Lipinski definition) is 4. The number of nitrogens with one attached hydrogen (secondary N) is 1. The maximum atomic E-state index is 12.7. The topological polar surface area (TPSA) is 82.5 Å². The van der Waals surface area contributed by atoms with Crippen LogP contribution in [0.3, 0.4) is 0 Å². The zero-order valence-corrected chi connectivity index (χ0v) is 15.4. The average molecular weight is 361 g/mol. The summed E-state index contributed by atoms with van der Waals surface area (Å²) in [7, 11) is 0. The lowest BCUT2D eigenvalue weighted by Gasteiger charge is -2.26. The number of carboxylic acids is 1. The number of carbonyl (C=O) groups is 2. The molecular formula is C18H23N3O3S. The number of thiophene rings is 1. The molecule has 7 heteroatoms. The first-order chi connectivity index (χ1) is 11.9. The first-order valence-corrected chi connectivity index (χ1v) is 8.91. The van der Waals surface area contributed by atoms with E-state index in [1.807, 2.05) is 31.2 Å². The molecule has 0 radical (unpaired) electrons. The van der Waals surface area contributed by atoms with Crippen molar-refractivity contribution in [1.82, 2.24) is 15.2 Å². The summed E-state index contributed by atoms with van der Waals surface area (Å²) in [6, 6.07) is 6.39. The lowest BCUT2D eigenvalue weighted by Crippen LogP contribution is -2.49. The van der Waals surface area contributed by atoms with Gasteiger partial charge in [0, 0.05) is 28.7 Å². The van der Waals surface area contributed by atoms with Crippen LogP contribution in [0, 0.1) is 12.8 Å². The summed E-state index contributed by atoms with van der Waals surface area (Å²) in [5.74, 6) is -1.23. The summed E-state index contributed by atoms with van der Waals surface area (Å²) >= 11 is 1.63. The highest BCUT2D eigenvalue weighted by molar-refractivity contribution is 7.11. The number of hydrogen-bond donors (Lipinski definition) is 2. The van der Waals surface area contributed by atoms with Crippen LogP contribution in [0.2, 0.25) is 0 Å². The van der Waals surface area contributed by atoms with Gasteiger partial charge in [0.2, 0.25) is 0 Å². The van der Waals surface area contributed by atoms with Gasteiger partial charge in [0.15, 0.2) is 0 Å². The van der Waals surface area contributed by atoms with E-state index in [9.17, 15) is 14.7 Å². The molecule has 0 aliphatic carbocycles. The Labute approximate surface area is 151 Å². The molecule has 6 nitrogen and oxygen atoms in total. The number of carboxylic acid groups (broad SMARTS) is 1. The standard InChI is InChI=1S/C18H23N3O3S/c1-12(2)16(17(22)23)20-18(24)21(10-14-6-8-19-9-7-14)11-15-5-4-13(3)25-15/h4-9,12,16H,10-11H2,1-3H3,(H,20,24)(H,22,23)/t16-/m1/s1. The summed E-state index contributed by atoms with van der Waals surface area (Å²) in [4.78, 5) is 31.9. The van der Waals surface area contributed by atoms with Crippen LogP contribution in [-0.4, -0.2) is 33.0 Å². The van der Waals surface area contributed by atoms with Crippen molar-refractivity contribution in [3.8, 4) is 0 Å². The summed E-state index contributed by atoms with van der Waals surface area (Å²) in [5.41, 5.74) is 0.940. The van der Waals surface area contributed by atoms with Gasteiger partial charge in [-0.05, 0) is 42.7 Å². The first kappa shape index (κ1) is 18.9. The molecule has 2 aromatic rings. The van der Waals surface area contributed by atoms with Crippen molar-refractivity contribution >= 4 is 23.3 Å². The summed E-state index contributed by atoms with van der Waals surface area (Å²) in [6.45, 7) is 6.37. The molecule has 2 heterocycles. The highest BCUT2D eigenvalue weighted by atomic mass is 32.1. The number of pyridine rings is 1. The van der Waals surface area contributed by atoms with Crippen LogP contribution in [-0.2, 0) is 17.9 Å². The minimum Gasteiger partial charge on any atom is -0.480 e. The molecule has 134 valence electrons. The van der Waals surface area contributed by atoms with Gasteiger partial charge in [0.25, 0.3) is 0 Å². The number of nitrogens with zero attached hydrogens (tertiary/aromatic N) is 2. The van der Waals surface area contributed by atoms with Crippen molar-refractivity contribution in [2.75, 3.05) is 0 Å². The van der Waals surface area contributed by atoms with Crippen molar-refractivity contribution in [1.29, 1.82) is 0 Å². The number of rotatable bonds is 7. The number of aryl methyl sites for hydroxylation is 1. The zero-order chi connectivity index (χ0) is 18.4. The maximum absolute atomic E-state index is 12.7. The van der Waals surface area contributed by atoms with Crippen LogP contribution >= 0.6 is 11.3 Å². The number of aromatic nitrogens is 1. The fourth-order valence-electron chi connectivity index (χ4n) is 2.40. The molecular weight excluding hydrogens is 338 g/mol. The molecule has 0 aromatic carbocycles. The summed E-state index contributed by atoms with van der Waals surface area (Å²) < 4.78 is 0. The van der Waals surface area contributed by atoms with E-state index in [-0.39, 0.29) is 11.9 Å². The van der Waals surface area contributed by atoms with Crippen molar-refractivity contribution < 1.29 is 14.7 Å². The molecule has 0 bridgehead atoms. The van der Waals surface area contributed by atoms with Gasteiger partial charge in [-0.1, -0.05) is 13.8 Å². The average Bonchev–Trinajstić information content (AvgIpc) is 2.97. The molecule has 2 aromatic heterocycles. The van der Waals surface area contributed by atoms with E-state index in [4.69, 9.17) is 0 Å². The van der Waals surface area contributed by atoms with Crippen LogP contribution < -0.4 is 5.32 Å². The van der Waals surface area contributed by atoms with Crippen LogP contribution in [0.4, 0.5) is 4.79 Å². The number of amides is 2. The largest absolute Gasteiger partial charge is 0.480 e. The van der Waals surface area contributed by atoms with E-state index in [1.54, 1.807) is 42.5 Å². The molecule has 2 N–H and O–H groups in total. The molecule has 0 saturated heterocycles. The van der Waals surface area contributed by atoms with Crippen LogP contribution in [0.25, 0.3) is 0 Å². The van der Waals surface area contributed by atoms with Crippen molar-refractivity contribution in [2.45, 2.75) is 39.9 Å². The quantitative estimate of drug-likeness (QED) is 0.793. The van der Waals surface area contributed by atoms with Gasteiger partial charge in [-0.15, -0.1) is 11.3 Å². The highest BCUT2D eigenvalue weighted by Gasteiger charge is 2.26. The van der Waals surface area contributed by atoms with E-state index in [1.165, 1.54) is 4.88 Å². The van der Waals surface area contributed by atoms with Gasteiger partial charge in [-0.2, -0.15) is 0 Å². The van der Waals surface area contributed by atoms with E-state index in [0.717, 1.165) is 10.4 Å². The lowest BCUT2D eigenvalue weighted by atomic mass is 10.1. The smallest absolute Gasteiger partial charge is 0.326 e. The summed E-state index contributed by atoms with van der Waals surface area (Å²) in [5, 5.41) is 12.0. The Bertz CT molecular complexity index is 715. The maximum Gasteiger partial charge on any atom is 0.326 e. The zero-order valence-electron chi connectivity index (χ0n) is 14.6. The second-order valence-electron chi connectivity index (χ2n) is 6.23.